The molecule has 0 aliphatic heterocycles. The average Bonchev–Trinajstić information content (AvgIpc) is 2.40. The molecule has 0 saturated carbocycles. The molecule has 0 aliphatic rings. The van der Waals surface area contributed by atoms with Crippen LogP contribution in [0.3, 0.4) is 0 Å². The molecule has 1 heterocycles. The first kappa shape index (κ1) is 14.3. The third-order valence-electron chi connectivity index (χ3n) is 2.70. The van der Waals surface area contributed by atoms with E-state index >= 15 is 0 Å². The summed E-state index contributed by atoms with van der Waals surface area (Å²) in [7, 11) is 0. The molecule has 7 nitrogen and oxygen atoms in total. The zero-order chi connectivity index (χ0) is 14.7. The Balaban J connectivity index is 2.32. The van der Waals surface area contributed by atoms with Crippen LogP contribution in [0.2, 0.25) is 0 Å². The van der Waals surface area contributed by atoms with Crippen molar-refractivity contribution in [3.8, 4) is 11.5 Å². The van der Waals surface area contributed by atoms with Crippen LogP contribution in [0.15, 0.2) is 27.4 Å². The molecule has 2 aromatic rings. The predicted octanol–water partition coefficient (Wildman–Crippen LogP) is 0.0740. The number of aliphatic hydroxyl groups is 2. The van der Waals surface area contributed by atoms with Crippen LogP contribution in [-0.2, 0) is 11.3 Å². The van der Waals surface area contributed by atoms with Crippen LogP contribution >= 0.6 is 0 Å². The molecule has 0 spiro atoms. The normalized spacial score (nSPS) is 12.7. The van der Waals surface area contributed by atoms with Gasteiger partial charge in [0, 0.05) is 17.5 Å². The number of aliphatic hydroxyl groups excluding tert-OH is 2. The van der Waals surface area contributed by atoms with Gasteiger partial charge in [-0.15, -0.1) is 0 Å². The predicted molar refractivity (Wildman–Crippen MR) is 68.6 cm³/mol. The third kappa shape index (κ3) is 3.08. The van der Waals surface area contributed by atoms with E-state index in [2.05, 4.69) is 0 Å². The van der Waals surface area contributed by atoms with E-state index < -0.39 is 24.1 Å². The molecule has 1 atom stereocenters. The molecular weight excluding hydrogens is 268 g/mol. The first-order valence-electron chi connectivity index (χ1n) is 5.86. The van der Waals surface area contributed by atoms with Crippen molar-refractivity contribution in [1.82, 2.24) is 0 Å². The van der Waals surface area contributed by atoms with Gasteiger partial charge < -0.3 is 29.6 Å². The summed E-state index contributed by atoms with van der Waals surface area (Å²) in [6.45, 7) is -0.530. The summed E-state index contributed by atoms with van der Waals surface area (Å²) in [6.07, 6.45) is -1.00. The molecule has 7 heteroatoms. The Morgan fingerprint density at radius 2 is 1.90 bits per heavy atom. The van der Waals surface area contributed by atoms with E-state index in [1.54, 1.807) is 0 Å². The molecule has 1 aromatic heterocycles. The van der Waals surface area contributed by atoms with Gasteiger partial charge in [0.2, 0.25) is 0 Å². The lowest BCUT2D eigenvalue weighted by Crippen LogP contribution is -2.19. The van der Waals surface area contributed by atoms with Crippen molar-refractivity contribution in [2.45, 2.75) is 12.7 Å². The maximum atomic E-state index is 11.4. The minimum absolute atomic E-state index is 0.0105. The molecule has 2 rings (SSSR count). The van der Waals surface area contributed by atoms with Gasteiger partial charge in [-0.1, -0.05) is 0 Å². The number of hydrogen-bond donors (Lipinski definition) is 4. The lowest BCUT2D eigenvalue weighted by Gasteiger charge is -2.10. The van der Waals surface area contributed by atoms with E-state index in [0.717, 1.165) is 6.07 Å². The van der Waals surface area contributed by atoms with Crippen molar-refractivity contribution >= 4 is 11.0 Å². The summed E-state index contributed by atoms with van der Waals surface area (Å²) in [4.78, 5) is 11.4. The first-order chi connectivity index (χ1) is 9.51. The minimum atomic E-state index is -1.00. The van der Waals surface area contributed by atoms with Crippen molar-refractivity contribution in [2.24, 2.45) is 0 Å². The van der Waals surface area contributed by atoms with Crippen molar-refractivity contribution in [3.05, 3.63) is 34.2 Å². The fourth-order valence-electron chi connectivity index (χ4n) is 1.73. The SMILES string of the molecule is O=c1cc(COCC(O)CO)c2cc(O)c(O)cc2o1. The number of fused-ring (bicyclic) bond motifs is 1. The van der Waals surface area contributed by atoms with E-state index in [9.17, 15) is 15.0 Å². The molecule has 0 bridgehead atoms. The number of hydrogen-bond acceptors (Lipinski definition) is 7. The summed E-state index contributed by atoms with van der Waals surface area (Å²) >= 11 is 0. The van der Waals surface area contributed by atoms with Crippen molar-refractivity contribution in [3.63, 3.8) is 0 Å². The van der Waals surface area contributed by atoms with E-state index in [-0.39, 0.29) is 24.5 Å². The van der Waals surface area contributed by atoms with Gasteiger partial charge in [0.25, 0.3) is 0 Å². The van der Waals surface area contributed by atoms with E-state index in [4.69, 9.17) is 19.4 Å². The van der Waals surface area contributed by atoms with Gasteiger partial charge in [0.15, 0.2) is 11.5 Å². The number of benzene rings is 1. The number of phenols is 2. The number of aromatic hydroxyl groups is 2. The Kier molecular flexibility index (Phi) is 4.23. The molecule has 0 amide bonds. The van der Waals surface area contributed by atoms with Crippen LogP contribution in [0.1, 0.15) is 5.56 Å². The van der Waals surface area contributed by atoms with Crippen molar-refractivity contribution in [2.75, 3.05) is 13.2 Å². The lowest BCUT2D eigenvalue weighted by molar-refractivity contribution is 0.000236. The summed E-state index contributed by atoms with van der Waals surface area (Å²) in [5, 5.41) is 37.1. The molecule has 1 aromatic carbocycles. The maximum absolute atomic E-state index is 11.4. The molecule has 0 radical (unpaired) electrons. The van der Waals surface area contributed by atoms with Crippen LogP contribution in [0.25, 0.3) is 11.0 Å². The zero-order valence-electron chi connectivity index (χ0n) is 10.4. The topological polar surface area (TPSA) is 120 Å². The molecule has 4 N–H and O–H groups in total. The third-order valence-corrected chi connectivity index (χ3v) is 2.70. The van der Waals surface area contributed by atoms with Crippen LogP contribution in [0.4, 0.5) is 0 Å². The Bertz CT molecular complexity index is 662. The second-order valence-corrected chi connectivity index (χ2v) is 4.28. The highest BCUT2D eigenvalue weighted by Gasteiger charge is 2.11. The van der Waals surface area contributed by atoms with Gasteiger partial charge >= 0.3 is 5.63 Å². The molecule has 0 aliphatic carbocycles. The standard InChI is InChI=1S/C13H14O7/c14-4-8(15)6-19-5-7-1-13(18)20-12-3-11(17)10(16)2-9(7)12/h1-3,8,14-17H,4-6H2. The maximum Gasteiger partial charge on any atom is 0.336 e. The van der Waals surface area contributed by atoms with Gasteiger partial charge in [-0.05, 0) is 11.6 Å². The highest BCUT2D eigenvalue weighted by atomic mass is 16.5. The largest absolute Gasteiger partial charge is 0.504 e. The van der Waals surface area contributed by atoms with Gasteiger partial charge in [-0.2, -0.15) is 0 Å². The summed E-state index contributed by atoms with van der Waals surface area (Å²) < 4.78 is 10.1. The monoisotopic (exact) mass is 282 g/mol. The summed E-state index contributed by atoms with van der Waals surface area (Å²) in [5.74, 6) is -0.739. The molecule has 108 valence electrons. The van der Waals surface area contributed by atoms with Crippen molar-refractivity contribution in [1.29, 1.82) is 0 Å². The second-order valence-electron chi connectivity index (χ2n) is 4.28. The fourth-order valence-corrected chi connectivity index (χ4v) is 1.73. The van der Waals surface area contributed by atoms with Gasteiger partial charge in [-0.3, -0.25) is 0 Å². The Hall–Kier alpha value is -2.09. The second kappa shape index (κ2) is 5.91. The van der Waals surface area contributed by atoms with Gasteiger partial charge in [0.1, 0.15) is 11.7 Å². The number of rotatable bonds is 5. The Morgan fingerprint density at radius 3 is 2.60 bits per heavy atom. The van der Waals surface area contributed by atoms with Gasteiger partial charge in [0.05, 0.1) is 19.8 Å². The molecule has 0 fully saturated rings. The van der Waals surface area contributed by atoms with Crippen LogP contribution in [0.5, 0.6) is 11.5 Å². The average molecular weight is 282 g/mol. The van der Waals surface area contributed by atoms with E-state index in [1.807, 2.05) is 0 Å². The van der Waals surface area contributed by atoms with E-state index in [1.165, 1.54) is 12.1 Å². The lowest BCUT2D eigenvalue weighted by atomic mass is 10.1. The Labute approximate surface area is 113 Å². The molecule has 20 heavy (non-hydrogen) atoms. The fraction of sp³-hybridized carbons (Fsp3) is 0.308. The molecule has 0 saturated heterocycles. The summed E-state index contributed by atoms with van der Waals surface area (Å²) in [6, 6.07) is 3.59. The highest BCUT2D eigenvalue weighted by molar-refractivity contribution is 5.83. The molecule has 1 unspecified atom stereocenters. The van der Waals surface area contributed by atoms with Gasteiger partial charge in [-0.25, -0.2) is 4.79 Å². The van der Waals surface area contributed by atoms with Crippen LogP contribution in [0, 0.1) is 0 Å². The zero-order valence-corrected chi connectivity index (χ0v) is 10.4. The molecular formula is C13H14O7. The smallest absolute Gasteiger partial charge is 0.336 e. The minimum Gasteiger partial charge on any atom is -0.504 e. The van der Waals surface area contributed by atoms with Crippen LogP contribution in [-0.4, -0.2) is 39.7 Å². The Morgan fingerprint density at radius 1 is 1.20 bits per heavy atom. The van der Waals surface area contributed by atoms with Crippen LogP contribution < -0.4 is 5.63 Å². The number of phenolic OH excluding ortho intramolecular Hbond substituents is 2. The summed E-state index contributed by atoms with van der Waals surface area (Å²) in [5.41, 5.74) is -0.0605. The highest BCUT2D eigenvalue weighted by Crippen LogP contribution is 2.31. The van der Waals surface area contributed by atoms with E-state index in [0.29, 0.717) is 10.9 Å². The number of ether oxygens (including phenoxy) is 1. The van der Waals surface area contributed by atoms with Crippen molar-refractivity contribution < 1.29 is 29.6 Å². The quantitative estimate of drug-likeness (QED) is 0.452. The first-order valence-corrected chi connectivity index (χ1v) is 5.86.